The minimum Gasteiger partial charge on any atom is -0.338 e. The van der Waals surface area contributed by atoms with Crippen molar-refractivity contribution < 1.29 is 4.79 Å². The van der Waals surface area contributed by atoms with Crippen molar-refractivity contribution in [2.45, 2.75) is 6.54 Å². The minimum atomic E-state index is -0.254. The Labute approximate surface area is 171 Å². The first-order chi connectivity index (χ1) is 14.8. The standard InChI is InChI=1S/C22H17N7O/c30-20(14-29-27-21(26-28-29)15-8-2-1-3-9-15)23-17-11-5-4-10-16(17)22-24-18-12-6-7-13-19(18)25-22/h1-13H,14H2,(H,23,30)(H,24,25). The summed E-state index contributed by atoms with van der Waals surface area (Å²) in [7, 11) is 0. The highest BCUT2D eigenvalue weighted by atomic mass is 16.2. The van der Waals surface area contributed by atoms with Crippen LogP contribution in [-0.2, 0) is 11.3 Å². The molecular formula is C22H17N7O. The normalized spacial score (nSPS) is 10.9. The van der Waals surface area contributed by atoms with Gasteiger partial charge in [-0.1, -0.05) is 54.6 Å². The highest BCUT2D eigenvalue weighted by molar-refractivity contribution is 5.95. The topological polar surface area (TPSA) is 101 Å². The van der Waals surface area contributed by atoms with Gasteiger partial charge in [-0.15, -0.1) is 10.2 Å². The SMILES string of the molecule is O=C(Cn1nnc(-c2ccccc2)n1)Nc1ccccc1-c1nc2ccccc2[nH]1. The number of imidazole rings is 1. The smallest absolute Gasteiger partial charge is 0.248 e. The molecule has 0 fully saturated rings. The zero-order chi connectivity index (χ0) is 20.3. The Morgan fingerprint density at radius 2 is 1.70 bits per heavy atom. The van der Waals surface area contributed by atoms with Crippen LogP contribution >= 0.6 is 0 Å². The molecule has 30 heavy (non-hydrogen) atoms. The van der Waals surface area contributed by atoms with E-state index in [2.05, 4.69) is 30.7 Å². The average molecular weight is 395 g/mol. The highest BCUT2D eigenvalue weighted by Gasteiger charge is 2.13. The summed E-state index contributed by atoms with van der Waals surface area (Å²) in [6.07, 6.45) is 0. The molecule has 2 heterocycles. The molecule has 3 aromatic carbocycles. The lowest BCUT2D eigenvalue weighted by atomic mass is 10.1. The van der Waals surface area contributed by atoms with Gasteiger partial charge in [-0.3, -0.25) is 4.79 Å². The molecule has 8 nitrogen and oxygen atoms in total. The summed E-state index contributed by atoms with van der Waals surface area (Å²) < 4.78 is 0. The van der Waals surface area contributed by atoms with Crippen molar-refractivity contribution in [1.29, 1.82) is 0 Å². The summed E-state index contributed by atoms with van der Waals surface area (Å²) in [4.78, 5) is 21.8. The minimum absolute atomic E-state index is 0.0473. The number of nitrogens with zero attached hydrogens (tertiary/aromatic N) is 5. The number of para-hydroxylation sites is 3. The molecule has 0 aliphatic carbocycles. The fourth-order valence-corrected chi connectivity index (χ4v) is 3.21. The number of tetrazole rings is 1. The summed E-state index contributed by atoms with van der Waals surface area (Å²) in [5.41, 5.74) is 4.12. The van der Waals surface area contributed by atoms with Crippen LogP contribution in [0.4, 0.5) is 5.69 Å². The molecule has 2 aromatic heterocycles. The predicted molar refractivity (Wildman–Crippen MR) is 113 cm³/mol. The number of aromatic amines is 1. The van der Waals surface area contributed by atoms with E-state index < -0.39 is 0 Å². The molecule has 146 valence electrons. The van der Waals surface area contributed by atoms with E-state index in [1.54, 1.807) is 0 Å². The Kier molecular flexibility index (Phi) is 4.49. The van der Waals surface area contributed by atoms with Crippen LogP contribution in [0, 0.1) is 0 Å². The average Bonchev–Trinajstić information content (AvgIpc) is 3.41. The van der Waals surface area contributed by atoms with E-state index in [4.69, 9.17) is 0 Å². The fraction of sp³-hybridized carbons (Fsp3) is 0.0455. The van der Waals surface area contributed by atoms with Gasteiger partial charge in [0.25, 0.3) is 0 Å². The number of rotatable bonds is 5. The molecule has 1 amide bonds. The van der Waals surface area contributed by atoms with Crippen LogP contribution in [0.5, 0.6) is 0 Å². The number of carbonyl (C=O) groups is 1. The fourth-order valence-electron chi connectivity index (χ4n) is 3.21. The van der Waals surface area contributed by atoms with Crippen molar-refractivity contribution in [2.24, 2.45) is 0 Å². The molecular weight excluding hydrogens is 378 g/mol. The number of H-pyrrole nitrogens is 1. The van der Waals surface area contributed by atoms with E-state index in [0.717, 1.165) is 22.2 Å². The molecule has 5 rings (SSSR count). The van der Waals surface area contributed by atoms with Gasteiger partial charge in [-0.05, 0) is 29.5 Å². The lowest BCUT2D eigenvalue weighted by molar-refractivity contribution is -0.117. The first-order valence-electron chi connectivity index (χ1n) is 9.43. The van der Waals surface area contributed by atoms with Crippen molar-refractivity contribution >= 4 is 22.6 Å². The van der Waals surface area contributed by atoms with Gasteiger partial charge in [0.15, 0.2) is 0 Å². The summed E-state index contributed by atoms with van der Waals surface area (Å²) in [5, 5.41) is 15.2. The van der Waals surface area contributed by atoms with Gasteiger partial charge in [0.2, 0.25) is 11.7 Å². The quantitative estimate of drug-likeness (QED) is 0.474. The number of carbonyl (C=O) groups excluding carboxylic acids is 1. The third kappa shape index (κ3) is 3.53. The predicted octanol–water partition coefficient (Wildman–Crippen LogP) is 3.52. The molecule has 0 spiro atoms. The number of benzene rings is 3. The van der Waals surface area contributed by atoms with Gasteiger partial charge in [-0.2, -0.15) is 4.80 Å². The Morgan fingerprint density at radius 1 is 0.933 bits per heavy atom. The third-order valence-electron chi connectivity index (χ3n) is 4.62. The maximum absolute atomic E-state index is 12.6. The second-order valence-electron chi connectivity index (χ2n) is 6.71. The van der Waals surface area contributed by atoms with E-state index in [9.17, 15) is 4.79 Å². The van der Waals surface area contributed by atoms with Crippen LogP contribution in [0.15, 0.2) is 78.9 Å². The molecule has 0 radical (unpaired) electrons. The lowest BCUT2D eigenvalue weighted by Gasteiger charge is -2.09. The van der Waals surface area contributed by atoms with Crippen molar-refractivity contribution in [3.8, 4) is 22.8 Å². The Balaban J connectivity index is 1.35. The maximum atomic E-state index is 12.6. The van der Waals surface area contributed by atoms with Crippen LogP contribution in [0.3, 0.4) is 0 Å². The molecule has 2 N–H and O–H groups in total. The van der Waals surface area contributed by atoms with Gasteiger partial charge >= 0.3 is 0 Å². The number of hydrogen-bond acceptors (Lipinski definition) is 5. The highest BCUT2D eigenvalue weighted by Crippen LogP contribution is 2.27. The largest absolute Gasteiger partial charge is 0.338 e. The zero-order valence-corrected chi connectivity index (χ0v) is 15.9. The van der Waals surface area contributed by atoms with Gasteiger partial charge in [0, 0.05) is 11.1 Å². The number of aromatic nitrogens is 6. The van der Waals surface area contributed by atoms with Gasteiger partial charge < -0.3 is 10.3 Å². The van der Waals surface area contributed by atoms with Crippen molar-refractivity contribution in [3.05, 3.63) is 78.9 Å². The van der Waals surface area contributed by atoms with Crippen LogP contribution in [0.2, 0.25) is 0 Å². The summed E-state index contributed by atoms with van der Waals surface area (Å²) in [5.74, 6) is 0.916. The molecule has 0 saturated carbocycles. The molecule has 0 saturated heterocycles. The van der Waals surface area contributed by atoms with Crippen LogP contribution < -0.4 is 5.32 Å². The molecule has 0 aliphatic heterocycles. The van der Waals surface area contributed by atoms with E-state index in [0.29, 0.717) is 17.3 Å². The summed E-state index contributed by atoms with van der Waals surface area (Å²) in [6.45, 7) is -0.0473. The third-order valence-corrected chi connectivity index (χ3v) is 4.62. The molecule has 0 unspecified atom stereocenters. The monoisotopic (exact) mass is 395 g/mol. The molecule has 5 aromatic rings. The first-order valence-corrected chi connectivity index (χ1v) is 9.43. The van der Waals surface area contributed by atoms with Gasteiger partial charge in [-0.25, -0.2) is 4.98 Å². The second kappa shape index (κ2) is 7.59. The van der Waals surface area contributed by atoms with E-state index in [1.807, 2.05) is 78.9 Å². The Hall–Kier alpha value is -4.33. The van der Waals surface area contributed by atoms with Crippen LogP contribution in [0.1, 0.15) is 0 Å². The summed E-state index contributed by atoms with van der Waals surface area (Å²) >= 11 is 0. The van der Waals surface area contributed by atoms with Crippen molar-refractivity contribution in [1.82, 2.24) is 30.2 Å². The molecule has 8 heteroatoms. The van der Waals surface area contributed by atoms with Gasteiger partial charge in [0.05, 0.1) is 16.7 Å². The van der Waals surface area contributed by atoms with Crippen molar-refractivity contribution in [2.75, 3.05) is 5.32 Å². The van der Waals surface area contributed by atoms with Crippen LogP contribution in [0.25, 0.3) is 33.8 Å². The lowest BCUT2D eigenvalue weighted by Crippen LogP contribution is -2.20. The maximum Gasteiger partial charge on any atom is 0.248 e. The van der Waals surface area contributed by atoms with Crippen LogP contribution in [-0.4, -0.2) is 36.1 Å². The molecule has 0 atom stereocenters. The number of nitrogens with one attached hydrogen (secondary N) is 2. The zero-order valence-electron chi connectivity index (χ0n) is 15.9. The van der Waals surface area contributed by atoms with Crippen molar-refractivity contribution in [3.63, 3.8) is 0 Å². The number of fused-ring (bicyclic) bond motifs is 1. The number of anilines is 1. The first kappa shape index (κ1) is 17.7. The van der Waals surface area contributed by atoms with E-state index in [-0.39, 0.29) is 12.5 Å². The molecule has 0 aliphatic rings. The van der Waals surface area contributed by atoms with E-state index >= 15 is 0 Å². The van der Waals surface area contributed by atoms with Gasteiger partial charge in [0.1, 0.15) is 12.4 Å². The Bertz CT molecular complexity index is 1290. The van der Waals surface area contributed by atoms with E-state index in [1.165, 1.54) is 4.80 Å². The summed E-state index contributed by atoms with van der Waals surface area (Å²) in [6, 6.07) is 24.8. The molecule has 0 bridgehead atoms. The number of hydrogen-bond donors (Lipinski definition) is 2. The number of amides is 1. The second-order valence-corrected chi connectivity index (χ2v) is 6.71. The Morgan fingerprint density at radius 3 is 2.57 bits per heavy atom.